The van der Waals surface area contributed by atoms with Crippen LogP contribution in [-0.4, -0.2) is 6.10 Å². The number of nitrogens with two attached hydrogens (primary N) is 1. The number of benzene rings is 2. The van der Waals surface area contributed by atoms with E-state index < -0.39 is 5.82 Å². The van der Waals surface area contributed by atoms with Crippen molar-refractivity contribution in [2.75, 3.05) is 5.73 Å². The third-order valence-corrected chi connectivity index (χ3v) is 2.40. The first-order chi connectivity index (χ1) is 9.06. The minimum Gasteiger partial charge on any atom is -0.488 e. The number of anilines is 1. The number of hydrogen-bond donors (Lipinski definition) is 1. The lowest BCUT2D eigenvalue weighted by atomic mass is 10.2. The van der Waals surface area contributed by atoms with Crippen LogP contribution in [0.5, 0.6) is 17.2 Å². The van der Waals surface area contributed by atoms with Crippen LogP contribution in [0.1, 0.15) is 13.8 Å². The molecule has 0 aliphatic carbocycles. The molecule has 0 saturated heterocycles. The maximum atomic E-state index is 13.7. The van der Waals surface area contributed by atoms with Gasteiger partial charge in [-0.15, -0.1) is 0 Å². The van der Waals surface area contributed by atoms with Gasteiger partial charge in [0, 0.05) is 12.1 Å². The minimum absolute atomic E-state index is 0.123. The van der Waals surface area contributed by atoms with E-state index in [4.69, 9.17) is 15.2 Å². The SMILES string of the molecule is CC(C)Oc1cc(Oc2ccccc2)c(N)cc1F. The number of halogens is 1. The smallest absolute Gasteiger partial charge is 0.167 e. The van der Waals surface area contributed by atoms with Crippen molar-refractivity contribution >= 4 is 5.69 Å². The van der Waals surface area contributed by atoms with Crippen LogP contribution in [0.25, 0.3) is 0 Å². The lowest BCUT2D eigenvalue weighted by Gasteiger charge is -2.14. The van der Waals surface area contributed by atoms with Crippen molar-refractivity contribution in [3.8, 4) is 17.2 Å². The monoisotopic (exact) mass is 261 g/mol. The highest BCUT2D eigenvalue weighted by Crippen LogP contribution is 2.33. The Bertz CT molecular complexity index is 556. The fourth-order valence-electron chi connectivity index (χ4n) is 1.60. The molecule has 0 saturated carbocycles. The zero-order valence-electron chi connectivity index (χ0n) is 10.9. The molecular weight excluding hydrogens is 245 g/mol. The summed E-state index contributed by atoms with van der Waals surface area (Å²) in [5.74, 6) is 0.654. The summed E-state index contributed by atoms with van der Waals surface area (Å²) in [4.78, 5) is 0. The molecule has 0 aromatic heterocycles. The highest BCUT2D eigenvalue weighted by molar-refractivity contribution is 5.57. The maximum absolute atomic E-state index is 13.7. The normalized spacial score (nSPS) is 10.5. The van der Waals surface area contributed by atoms with Crippen molar-refractivity contribution in [3.63, 3.8) is 0 Å². The topological polar surface area (TPSA) is 44.5 Å². The minimum atomic E-state index is -0.494. The Hall–Kier alpha value is -2.23. The Kier molecular flexibility index (Phi) is 3.90. The van der Waals surface area contributed by atoms with Crippen LogP contribution in [0, 0.1) is 5.82 Å². The molecule has 0 heterocycles. The Labute approximate surface area is 111 Å². The number of hydrogen-bond acceptors (Lipinski definition) is 3. The Morgan fingerprint density at radius 2 is 1.74 bits per heavy atom. The van der Waals surface area contributed by atoms with Crippen molar-refractivity contribution in [3.05, 3.63) is 48.3 Å². The summed E-state index contributed by atoms with van der Waals surface area (Å²) in [5.41, 5.74) is 5.98. The predicted octanol–water partition coefficient (Wildman–Crippen LogP) is 3.99. The third-order valence-electron chi connectivity index (χ3n) is 2.40. The van der Waals surface area contributed by atoms with Gasteiger partial charge in [-0.25, -0.2) is 4.39 Å². The van der Waals surface area contributed by atoms with E-state index in [-0.39, 0.29) is 17.5 Å². The van der Waals surface area contributed by atoms with E-state index in [0.717, 1.165) is 0 Å². The highest BCUT2D eigenvalue weighted by Gasteiger charge is 2.12. The van der Waals surface area contributed by atoms with E-state index in [2.05, 4.69) is 0 Å². The van der Waals surface area contributed by atoms with Crippen molar-refractivity contribution in [2.45, 2.75) is 20.0 Å². The molecule has 0 aliphatic heterocycles. The number of para-hydroxylation sites is 1. The second-order valence-electron chi connectivity index (χ2n) is 4.40. The molecule has 2 N–H and O–H groups in total. The molecule has 2 rings (SSSR count). The predicted molar refractivity (Wildman–Crippen MR) is 73.1 cm³/mol. The molecule has 0 aliphatic rings. The molecule has 19 heavy (non-hydrogen) atoms. The van der Waals surface area contributed by atoms with E-state index >= 15 is 0 Å². The van der Waals surface area contributed by atoms with Gasteiger partial charge in [0.25, 0.3) is 0 Å². The average molecular weight is 261 g/mol. The first-order valence-corrected chi connectivity index (χ1v) is 6.05. The molecule has 0 radical (unpaired) electrons. The fourth-order valence-corrected chi connectivity index (χ4v) is 1.60. The number of nitrogen functional groups attached to an aromatic ring is 1. The van der Waals surface area contributed by atoms with E-state index in [9.17, 15) is 4.39 Å². The van der Waals surface area contributed by atoms with Crippen molar-refractivity contribution in [1.29, 1.82) is 0 Å². The summed E-state index contributed by atoms with van der Waals surface area (Å²) in [7, 11) is 0. The Morgan fingerprint density at radius 3 is 2.37 bits per heavy atom. The summed E-state index contributed by atoms with van der Waals surface area (Å²) in [6.45, 7) is 3.65. The summed E-state index contributed by atoms with van der Waals surface area (Å²) >= 11 is 0. The average Bonchev–Trinajstić information content (AvgIpc) is 2.36. The highest BCUT2D eigenvalue weighted by atomic mass is 19.1. The van der Waals surface area contributed by atoms with E-state index in [0.29, 0.717) is 11.5 Å². The number of ether oxygens (including phenoxy) is 2. The van der Waals surface area contributed by atoms with Crippen LogP contribution in [0.15, 0.2) is 42.5 Å². The van der Waals surface area contributed by atoms with Gasteiger partial charge in [0.15, 0.2) is 17.3 Å². The lowest BCUT2D eigenvalue weighted by molar-refractivity contribution is 0.230. The molecule has 0 bridgehead atoms. The number of rotatable bonds is 4. The molecule has 4 heteroatoms. The standard InChI is InChI=1S/C15H16FNO2/c1-10(2)18-14-9-15(13(17)8-12(14)16)19-11-6-4-3-5-7-11/h3-10H,17H2,1-2H3. The van der Waals surface area contributed by atoms with E-state index in [1.54, 1.807) is 12.1 Å². The Morgan fingerprint density at radius 1 is 1.05 bits per heavy atom. The quantitative estimate of drug-likeness (QED) is 0.846. The van der Waals surface area contributed by atoms with Gasteiger partial charge in [-0.05, 0) is 26.0 Å². The molecule has 2 aromatic carbocycles. The fraction of sp³-hybridized carbons (Fsp3) is 0.200. The maximum Gasteiger partial charge on any atom is 0.167 e. The molecule has 0 amide bonds. The molecule has 2 aromatic rings. The summed E-state index contributed by atoms with van der Waals surface area (Å²) in [6, 6.07) is 11.8. The summed E-state index contributed by atoms with van der Waals surface area (Å²) in [6.07, 6.45) is -0.123. The van der Waals surface area contributed by atoms with Gasteiger partial charge >= 0.3 is 0 Å². The van der Waals surface area contributed by atoms with Gasteiger partial charge in [0.05, 0.1) is 11.8 Å². The van der Waals surface area contributed by atoms with Gasteiger partial charge in [-0.3, -0.25) is 0 Å². The first kappa shape index (κ1) is 13.2. The first-order valence-electron chi connectivity index (χ1n) is 6.05. The summed E-state index contributed by atoms with van der Waals surface area (Å²) in [5, 5.41) is 0. The zero-order valence-corrected chi connectivity index (χ0v) is 10.9. The van der Waals surface area contributed by atoms with Gasteiger partial charge in [0.2, 0.25) is 0 Å². The molecule has 0 fully saturated rings. The van der Waals surface area contributed by atoms with Gasteiger partial charge in [0.1, 0.15) is 5.75 Å². The molecule has 100 valence electrons. The van der Waals surface area contributed by atoms with Crippen LogP contribution < -0.4 is 15.2 Å². The van der Waals surface area contributed by atoms with Crippen molar-refractivity contribution in [1.82, 2.24) is 0 Å². The van der Waals surface area contributed by atoms with E-state index in [1.807, 2.05) is 32.0 Å². The largest absolute Gasteiger partial charge is 0.488 e. The van der Waals surface area contributed by atoms with E-state index in [1.165, 1.54) is 12.1 Å². The molecule has 0 unspecified atom stereocenters. The van der Waals surface area contributed by atoms with Crippen LogP contribution in [-0.2, 0) is 0 Å². The van der Waals surface area contributed by atoms with Crippen LogP contribution >= 0.6 is 0 Å². The molecule has 3 nitrogen and oxygen atoms in total. The zero-order chi connectivity index (χ0) is 13.8. The van der Waals surface area contributed by atoms with Gasteiger partial charge in [-0.1, -0.05) is 18.2 Å². The van der Waals surface area contributed by atoms with Crippen molar-refractivity contribution in [2.24, 2.45) is 0 Å². The van der Waals surface area contributed by atoms with Gasteiger partial charge in [-0.2, -0.15) is 0 Å². The molecule has 0 atom stereocenters. The second-order valence-corrected chi connectivity index (χ2v) is 4.40. The van der Waals surface area contributed by atoms with Crippen molar-refractivity contribution < 1.29 is 13.9 Å². The second kappa shape index (κ2) is 5.61. The summed E-state index contributed by atoms with van der Waals surface area (Å²) < 4.78 is 24.7. The van der Waals surface area contributed by atoms with Gasteiger partial charge < -0.3 is 15.2 Å². The van der Waals surface area contributed by atoms with Crippen LogP contribution in [0.3, 0.4) is 0 Å². The molecular formula is C15H16FNO2. The van der Waals surface area contributed by atoms with Crippen LogP contribution in [0.4, 0.5) is 10.1 Å². The third kappa shape index (κ3) is 3.37. The van der Waals surface area contributed by atoms with Crippen LogP contribution in [0.2, 0.25) is 0 Å². The Balaban J connectivity index is 2.29. The lowest BCUT2D eigenvalue weighted by Crippen LogP contribution is -2.07. The molecule has 0 spiro atoms.